The lowest BCUT2D eigenvalue weighted by atomic mass is 9.39. The van der Waals surface area contributed by atoms with E-state index < -0.39 is 5.60 Å². The van der Waals surface area contributed by atoms with Crippen LogP contribution < -0.4 is 0 Å². The first-order valence-corrected chi connectivity index (χ1v) is 9.61. The summed E-state index contributed by atoms with van der Waals surface area (Å²) in [5.74, 6) is 2.02. The van der Waals surface area contributed by atoms with Crippen molar-refractivity contribution in [3.63, 3.8) is 0 Å². The summed E-state index contributed by atoms with van der Waals surface area (Å²) in [5, 5.41) is 20.9. The van der Waals surface area contributed by atoms with Gasteiger partial charge in [-0.05, 0) is 92.3 Å². The van der Waals surface area contributed by atoms with Gasteiger partial charge in [-0.1, -0.05) is 20.3 Å². The molecule has 126 valence electrons. The lowest BCUT2D eigenvalue weighted by Crippen LogP contribution is -2.59. The molecule has 2 nitrogen and oxygen atoms in total. The third-order valence-corrected chi connectivity index (χ3v) is 9.27. The van der Waals surface area contributed by atoms with Gasteiger partial charge in [-0.15, -0.1) is 0 Å². The topological polar surface area (TPSA) is 40.5 Å². The molecule has 4 saturated carbocycles. The Labute approximate surface area is 135 Å². The highest BCUT2D eigenvalue weighted by Gasteiger charge is 2.68. The van der Waals surface area contributed by atoms with Gasteiger partial charge in [0.05, 0.1) is 5.60 Å². The van der Waals surface area contributed by atoms with Crippen molar-refractivity contribution in [1.29, 1.82) is 0 Å². The van der Waals surface area contributed by atoms with Crippen LogP contribution in [0.5, 0.6) is 0 Å². The second kappa shape index (κ2) is 4.51. The highest BCUT2D eigenvalue weighted by Crippen LogP contribution is 2.75. The highest BCUT2D eigenvalue weighted by molar-refractivity contribution is 5.17. The summed E-state index contributed by atoms with van der Waals surface area (Å²) in [6, 6.07) is 0. The molecule has 0 heterocycles. The fourth-order valence-electron chi connectivity index (χ4n) is 7.90. The van der Waals surface area contributed by atoms with E-state index in [1.807, 2.05) is 0 Å². The van der Waals surface area contributed by atoms with Crippen LogP contribution in [0, 0.1) is 34.0 Å². The van der Waals surface area contributed by atoms with E-state index in [1.165, 1.54) is 51.4 Å². The van der Waals surface area contributed by atoms with Crippen molar-refractivity contribution in [3.8, 4) is 0 Å². The lowest BCUT2D eigenvalue weighted by Gasteiger charge is -2.65. The zero-order valence-corrected chi connectivity index (χ0v) is 14.7. The lowest BCUT2D eigenvalue weighted by molar-refractivity contribution is -0.182. The summed E-state index contributed by atoms with van der Waals surface area (Å²) in [6.07, 6.45) is 11.2. The molecule has 4 fully saturated rings. The maximum atomic E-state index is 10.8. The van der Waals surface area contributed by atoms with Crippen molar-refractivity contribution in [1.82, 2.24) is 0 Å². The second-order valence-electron chi connectivity index (χ2n) is 10.1. The minimum atomic E-state index is -0.427. The minimum Gasteiger partial charge on any atom is -0.396 e. The molecular weight excluding hydrogens is 272 g/mol. The van der Waals surface area contributed by atoms with Gasteiger partial charge in [-0.3, -0.25) is 0 Å². The third-order valence-electron chi connectivity index (χ3n) is 9.27. The molecule has 7 unspecified atom stereocenters. The molecule has 22 heavy (non-hydrogen) atoms. The first-order valence-electron chi connectivity index (χ1n) is 9.61. The SMILES string of the molecule is CC1(O)CCC23CC1CC2CCC1C(C)(CO)CCCC13C. The van der Waals surface area contributed by atoms with Crippen LogP contribution in [0.4, 0.5) is 0 Å². The zero-order chi connectivity index (χ0) is 15.8. The largest absolute Gasteiger partial charge is 0.396 e. The van der Waals surface area contributed by atoms with E-state index in [2.05, 4.69) is 20.8 Å². The van der Waals surface area contributed by atoms with E-state index in [0.717, 1.165) is 12.3 Å². The molecule has 0 aliphatic heterocycles. The molecule has 7 atom stereocenters. The summed E-state index contributed by atoms with van der Waals surface area (Å²) in [6.45, 7) is 7.35. The maximum absolute atomic E-state index is 10.8. The van der Waals surface area contributed by atoms with Gasteiger partial charge in [0, 0.05) is 6.61 Å². The third kappa shape index (κ3) is 1.69. The molecule has 0 amide bonds. The molecule has 0 aromatic heterocycles. The Morgan fingerprint density at radius 3 is 2.45 bits per heavy atom. The van der Waals surface area contributed by atoms with Crippen LogP contribution in [0.25, 0.3) is 0 Å². The predicted octanol–water partition coefficient (Wildman–Crippen LogP) is 4.14. The average molecular weight is 306 g/mol. The molecule has 0 aromatic carbocycles. The quantitative estimate of drug-likeness (QED) is 0.764. The van der Waals surface area contributed by atoms with Gasteiger partial charge >= 0.3 is 0 Å². The first-order chi connectivity index (χ1) is 10.3. The first kappa shape index (κ1) is 15.4. The van der Waals surface area contributed by atoms with Crippen molar-refractivity contribution >= 4 is 0 Å². The van der Waals surface area contributed by atoms with E-state index in [4.69, 9.17) is 0 Å². The molecule has 2 bridgehead atoms. The Morgan fingerprint density at radius 2 is 1.73 bits per heavy atom. The standard InChI is InChI=1S/C20H34O2/c1-17(13-21)7-4-8-18(2)16(17)6-5-14-11-15-12-20(14,18)10-9-19(15,3)22/h14-16,21-22H,4-13H2,1-3H3. The van der Waals surface area contributed by atoms with Crippen molar-refractivity contribution in [3.05, 3.63) is 0 Å². The van der Waals surface area contributed by atoms with Crippen LogP contribution >= 0.6 is 0 Å². The fourth-order valence-corrected chi connectivity index (χ4v) is 7.90. The summed E-state index contributed by atoms with van der Waals surface area (Å²) < 4.78 is 0. The Hall–Kier alpha value is -0.0800. The second-order valence-corrected chi connectivity index (χ2v) is 10.1. The predicted molar refractivity (Wildman–Crippen MR) is 88.4 cm³/mol. The van der Waals surface area contributed by atoms with Crippen LogP contribution in [0.1, 0.15) is 78.6 Å². The molecule has 2 heteroatoms. The van der Waals surface area contributed by atoms with Crippen LogP contribution in [0.15, 0.2) is 0 Å². The Morgan fingerprint density at radius 1 is 0.955 bits per heavy atom. The van der Waals surface area contributed by atoms with Crippen molar-refractivity contribution in [2.75, 3.05) is 6.61 Å². The molecule has 0 radical (unpaired) electrons. The number of aliphatic hydroxyl groups is 2. The Kier molecular flexibility index (Phi) is 3.16. The molecule has 4 aliphatic rings. The zero-order valence-electron chi connectivity index (χ0n) is 14.7. The molecule has 4 aliphatic carbocycles. The van der Waals surface area contributed by atoms with Gasteiger partial charge in [0.15, 0.2) is 0 Å². The summed E-state index contributed by atoms with van der Waals surface area (Å²) in [7, 11) is 0. The van der Waals surface area contributed by atoms with E-state index >= 15 is 0 Å². The summed E-state index contributed by atoms with van der Waals surface area (Å²) in [4.78, 5) is 0. The van der Waals surface area contributed by atoms with Gasteiger partial charge in [0.2, 0.25) is 0 Å². The number of hydrogen-bond donors (Lipinski definition) is 2. The number of rotatable bonds is 1. The normalized spacial score (nSPS) is 60.7. The van der Waals surface area contributed by atoms with Gasteiger partial charge in [-0.25, -0.2) is 0 Å². The maximum Gasteiger partial charge on any atom is 0.0648 e. The van der Waals surface area contributed by atoms with Crippen LogP contribution in [-0.4, -0.2) is 22.4 Å². The Bertz CT molecular complexity index is 472. The molecular formula is C20H34O2. The smallest absolute Gasteiger partial charge is 0.0648 e. The van der Waals surface area contributed by atoms with Crippen LogP contribution in [0.3, 0.4) is 0 Å². The van der Waals surface area contributed by atoms with Crippen molar-refractivity contribution in [2.24, 2.45) is 34.0 Å². The Balaban J connectivity index is 1.76. The average Bonchev–Trinajstić information content (AvgIpc) is 2.82. The van der Waals surface area contributed by atoms with Crippen molar-refractivity contribution < 1.29 is 10.2 Å². The molecule has 1 spiro atoms. The molecule has 0 aromatic rings. The highest BCUT2D eigenvalue weighted by atomic mass is 16.3. The van der Waals surface area contributed by atoms with E-state index in [9.17, 15) is 10.2 Å². The van der Waals surface area contributed by atoms with Gasteiger partial charge in [-0.2, -0.15) is 0 Å². The van der Waals surface area contributed by atoms with Crippen LogP contribution in [0.2, 0.25) is 0 Å². The van der Waals surface area contributed by atoms with Gasteiger partial charge in [0.1, 0.15) is 0 Å². The number of hydrogen-bond acceptors (Lipinski definition) is 2. The fraction of sp³-hybridized carbons (Fsp3) is 1.00. The van der Waals surface area contributed by atoms with E-state index in [0.29, 0.717) is 29.3 Å². The molecule has 4 rings (SSSR count). The van der Waals surface area contributed by atoms with E-state index in [1.54, 1.807) is 0 Å². The van der Waals surface area contributed by atoms with Gasteiger partial charge < -0.3 is 10.2 Å². The molecule has 2 N–H and O–H groups in total. The summed E-state index contributed by atoms with van der Waals surface area (Å²) >= 11 is 0. The van der Waals surface area contributed by atoms with E-state index in [-0.39, 0.29) is 5.41 Å². The van der Waals surface area contributed by atoms with Crippen LogP contribution in [-0.2, 0) is 0 Å². The summed E-state index contributed by atoms with van der Waals surface area (Å²) in [5.41, 5.74) is 0.546. The van der Waals surface area contributed by atoms with Gasteiger partial charge in [0.25, 0.3) is 0 Å². The van der Waals surface area contributed by atoms with Crippen molar-refractivity contribution in [2.45, 2.75) is 84.2 Å². The monoisotopic (exact) mass is 306 g/mol. The molecule has 0 saturated heterocycles. The number of fused-ring (bicyclic) bond motifs is 2. The minimum absolute atomic E-state index is 0.130. The number of aliphatic hydroxyl groups excluding tert-OH is 1.